The predicted octanol–water partition coefficient (Wildman–Crippen LogP) is 5.56. The molecule has 1 aromatic heterocycles. The second kappa shape index (κ2) is 8.93. The van der Waals surface area contributed by atoms with Gasteiger partial charge in [0.05, 0.1) is 11.1 Å². The van der Waals surface area contributed by atoms with Gasteiger partial charge in [0.25, 0.3) is 0 Å². The van der Waals surface area contributed by atoms with Crippen molar-refractivity contribution in [3.63, 3.8) is 0 Å². The van der Waals surface area contributed by atoms with Crippen LogP contribution in [0.15, 0.2) is 36.4 Å². The Morgan fingerprint density at radius 3 is 2.06 bits per heavy atom. The van der Waals surface area contributed by atoms with Crippen molar-refractivity contribution in [1.82, 2.24) is 15.4 Å². The number of benzene rings is 2. The molecule has 1 heterocycles. The standard InChI is InChI=1S/C19H10F8N4O2/c20-17(21)33-14-4-10(16-15(7-28)29-31-30-16)3-13(6-14)32-8-9-1-11(18(22,23)24)5-12(2-9)19(25,26)27/h1-6,17H,8H2,(H,29,30,31). The van der Waals surface area contributed by atoms with Crippen molar-refractivity contribution < 1.29 is 44.6 Å². The lowest BCUT2D eigenvalue weighted by Crippen LogP contribution is -2.12. The van der Waals surface area contributed by atoms with E-state index in [1.165, 1.54) is 6.07 Å². The maximum Gasteiger partial charge on any atom is 0.416 e. The first kappa shape index (κ1) is 23.8. The largest absolute Gasteiger partial charge is 0.489 e. The number of nitrogens with one attached hydrogen (secondary N) is 1. The summed E-state index contributed by atoms with van der Waals surface area (Å²) in [7, 11) is 0. The summed E-state index contributed by atoms with van der Waals surface area (Å²) in [6, 6.07) is 5.83. The minimum absolute atomic E-state index is 0.0217. The summed E-state index contributed by atoms with van der Waals surface area (Å²) in [5, 5.41) is 18.4. The van der Waals surface area contributed by atoms with E-state index in [0.717, 1.165) is 12.1 Å². The number of hydrogen-bond acceptors (Lipinski definition) is 5. The minimum Gasteiger partial charge on any atom is -0.489 e. The highest BCUT2D eigenvalue weighted by Gasteiger charge is 2.36. The fraction of sp³-hybridized carbons (Fsp3) is 0.211. The molecule has 2 aromatic carbocycles. The van der Waals surface area contributed by atoms with Crippen LogP contribution < -0.4 is 9.47 Å². The molecule has 0 saturated carbocycles. The first-order chi connectivity index (χ1) is 15.4. The van der Waals surface area contributed by atoms with Gasteiger partial charge in [-0.15, -0.1) is 5.10 Å². The number of aromatic nitrogens is 3. The molecule has 0 aliphatic carbocycles. The van der Waals surface area contributed by atoms with Gasteiger partial charge in [-0.2, -0.15) is 40.4 Å². The Morgan fingerprint density at radius 2 is 1.52 bits per heavy atom. The van der Waals surface area contributed by atoms with E-state index in [0.29, 0.717) is 12.1 Å². The molecule has 0 atom stereocenters. The molecule has 6 nitrogen and oxygen atoms in total. The summed E-state index contributed by atoms with van der Waals surface area (Å²) >= 11 is 0. The van der Waals surface area contributed by atoms with Crippen LogP contribution in [0.25, 0.3) is 11.3 Å². The lowest BCUT2D eigenvalue weighted by molar-refractivity contribution is -0.143. The lowest BCUT2D eigenvalue weighted by Gasteiger charge is -2.15. The zero-order valence-electron chi connectivity index (χ0n) is 15.9. The van der Waals surface area contributed by atoms with Gasteiger partial charge < -0.3 is 9.47 Å². The number of halogens is 8. The van der Waals surface area contributed by atoms with Crippen LogP contribution in [0.4, 0.5) is 35.1 Å². The van der Waals surface area contributed by atoms with Gasteiger partial charge in [-0.05, 0) is 35.9 Å². The van der Waals surface area contributed by atoms with Gasteiger partial charge >= 0.3 is 19.0 Å². The maximum absolute atomic E-state index is 13.0. The summed E-state index contributed by atoms with van der Waals surface area (Å²) in [4.78, 5) is 0. The van der Waals surface area contributed by atoms with Crippen molar-refractivity contribution in [2.45, 2.75) is 25.6 Å². The lowest BCUT2D eigenvalue weighted by atomic mass is 10.1. The average molecular weight is 478 g/mol. The molecular weight excluding hydrogens is 468 g/mol. The van der Waals surface area contributed by atoms with Crippen molar-refractivity contribution in [2.24, 2.45) is 0 Å². The Kier molecular flexibility index (Phi) is 6.43. The maximum atomic E-state index is 13.0. The van der Waals surface area contributed by atoms with E-state index < -0.39 is 48.0 Å². The van der Waals surface area contributed by atoms with Crippen molar-refractivity contribution in [3.8, 4) is 28.8 Å². The molecule has 174 valence electrons. The van der Waals surface area contributed by atoms with Crippen LogP contribution >= 0.6 is 0 Å². The van der Waals surface area contributed by atoms with Crippen LogP contribution in [0.2, 0.25) is 0 Å². The van der Waals surface area contributed by atoms with Gasteiger partial charge in [-0.1, -0.05) is 5.21 Å². The Labute approximate surface area is 179 Å². The molecule has 14 heteroatoms. The highest BCUT2D eigenvalue weighted by molar-refractivity contribution is 5.67. The molecule has 0 spiro atoms. The van der Waals surface area contributed by atoms with E-state index in [4.69, 9.17) is 10.00 Å². The monoisotopic (exact) mass is 478 g/mol. The van der Waals surface area contributed by atoms with Crippen LogP contribution in [0, 0.1) is 11.3 Å². The van der Waals surface area contributed by atoms with Crippen LogP contribution in [-0.4, -0.2) is 22.0 Å². The molecule has 0 radical (unpaired) electrons. The summed E-state index contributed by atoms with van der Waals surface area (Å²) in [6.07, 6.45) is -10.1. The van der Waals surface area contributed by atoms with Crippen LogP contribution in [0.5, 0.6) is 11.5 Å². The first-order valence-corrected chi connectivity index (χ1v) is 8.69. The second-order valence-electron chi connectivity index (χ2n) is 6.42. The van der Waals surface area contributed by atoms with E-state index in [1.54, 1.807) is 6.07 Å². The quantitative estimate of drug-likeness (QED) is 0.469. The molecule has 3 rings (SSSR count). The Hall–Kier alpha value is -3.89. The number of nitriles is 1. The molecule has 1 N–H and O–H groups in total. The number of H-pyrrole nitrogens is 1. The van der Waals surface area contributed by atoms with Gasteiger partial charge in [-0.3, -0.25) is 0 Å². The smallest absolute Gasteiger partial charge is 0.416 e. The fourth-order valence-electron chi connectivity index (χ4n) is 2.74. The molecule has 0 fully saturated rings. The first-order valence-electron chi connectivity index (χ1n) is 8.69. The Bertz CT molecular complexity index is 1150. The van der Waals surface area contributed by atoms with Gasteiger partial charge in [0.2, 0.25) is 0 Å². The van der Waals surface area contributed by atoms with Gasteiger partial charge in [-0.25, -0.2) is 5.10 Å². The topological polar surface area (TPSA) is 83.8 Å². The third-order valence-electron chi connectivity index (χ3n) is 4.09. The Morgan fingerprint density at radius 1 is 0.909 bits per heavy atom. The average Bonchev–Trinajstić information content (AvgIpc) is 3.19. The summed E-state index contributed by atoms with van der Waals surface area (Å²) in [6.45, 7) is -4.02. The SMILES string of the molecule is N#Cc1[nH]nnc1-c1cc(OCc2cc(C(F)(F)F)cc(C(F)(F)F)c2)cc(OC(F)F)c1. The zero-order chi connectivity index (χ0) is 24.4. The number of aromatic amines is 1. The van der Waals surface area contributed by atoms with Crippen molar-refractivity contribution in [1.29, 1.82) is 5.26 Å². The summed E-state index contributed by atoms with van der Waals surface area (Å²) in [5.41, 5.74) is -3.73. The zero-order valence-corrected chi connectivity index (χ0v) is 15.9. The highest BCUT2D eigenvalue weighted by Crippen LogP contribution is 2.37. The molecular formula is C19H10F8N4O2. The second-order valence-corrected chi connectivity index (χ2v) is 6.42. The van der Waals surface area contributed by atoms with Crippen molar-refractivity contribution in [2.75, 3.05) is 0 Å². The number of ether oxygens (including phenoxy) is 2. The fourth-order valence-corrected chi connectivity index (χ4v) is 2.74. The molecule has 0 saturated heterocycles. The molecule has 0 bridgehead atoms. The van der Waals surface area contributed by atoms with Crippen LogP contribution in [0.1, 0.15) is 22.4 Å². The number of rotatable bonds is 6. The minimum atomic E-state index is -5.05. The Balaban J connectivity index is 1.97. The molecule has 0 amide bonds. The van der Waals surface area contributed by atoms with Crippen molar-refractivity contribution >= 4 is 0 Å². The van der Waals surface area contributed by atoms with Gasteiger partial charge in [0.1, 0.15) is 29.9 Å². The number of hydrogen-bond donors (Lipinski definition) is 1. The molecule has 0 unspecified atom stereocenters. The highest BCUT2D eigenvalue weighted by atomic mass is 19.4. The van der Waals surface area contributed by atoms with E-state index in [-0.39, 0.29) is 28.8 Å². The van der Waals surface area contributed by atoms with E-state index in [9.17, 15) is 35.1 Å². The number of nitrogens with zero attached hydrogens (tertiary/aromatic N) is 3. The van der Waals surface area contributed by atoms with Crippen molar-refractivity contribution in [3.05, 3.63) is 58.8 Å². The summed E-state index contributed by atoms with van der Waals surface area (Å²) < 4.78 is 113. The summed E-state index contributed by atoms with van der Waals surface area (Å²) in [5.74, 6) is -0.703. The number of alkyl halides is 8. The van der Waals surface area contributed by atoms with Gasteiger partial charge in [0, 0.05) is 11.6 Å². The molecule has 0 aliphatic heterocycles. The molecule has 0 aliphatic rings. The normalized spacial score (nSPS) is 12.0. The van der Waals surface area contributed by atoms with Crippen LogP contribution in [0.3, 0.4) is 0 Å². The molecule has 3 aromatic rings. The van der Waals surface area contributed by atoms with Gasteiger partial charge in [0.15, 0.2) is 5.69 Å². The van der Waals surface area contributed by atoms with E-state index >= 15 is 0 Å². The predicted molar refractivity (Wildman–Crippen MR) is 93.9 cm³/mol. The third kappa shape index (κ3) is 5.88. The van der Waals surface area contributed by atoms with E-state index in [1.807, 2.05) is 0 Å². The third-order valence-corrected chi connectivity index (χ3v) is 4.09. The van der Waals surface area contributed by atoms with Crippen LogP contribution in [-0.2, 0) is 19.0 Å². The molecule has 33 heavy (non-hydrogen) atoms. The van der Waals surface area contributed by atoms with E-state index in [2.05, 4.69) is 20.1 Å².